The minimum atomic E-state index is -0.660. The molecule has 1 N–H and O–H groups in total. The highest BCUT2D eigenvalue weighted by Crippen LogP contribution is 2.40. The Hall–Kier alpha value is -2.01. The summed E-state index contributed by atoms with van der Waals surface area (Å²) in [4.78, 5) is 24.7. The Bertz CT molecular complexity index is 654. The molecule has 2 atom stereocenters. The highest BCUT2D eigenvalue weighted by Gasteiger charge is 2.39. The van der Waals surface area contributed by atoms with Crippen LogP contribution in [0.5, 0.6) is 0 Å². The van der Waals surface area contributed by atoms with E-state index in [-0.39, 0.29) is 18.2 Å². The van der Waals surface area contributed by atoms with Gasteiger partial charge in [-0.25, -0.2) is 4.39 Å². The van der Waals surface area contributed by atoms with Gasteiger partial charge in [-0.05, 0) is 17.5 Å². The fourth-order valence-corrected chi connectivity index (χ4v) is 3.48. The second kappa shape index (κ2) is 5.17. The number of rotatable bonds is 2. The van der Waals surface area contributed by atoms with Gasteiger partial charge in [0.05, 0.1) is 5.92 Å². The SMILES string of the molecule is O=C1CC(c2cccs2)C(c2ccccc2F)C(=O)N1. The van der Waals surface area contributed by atoms with Crippen molar-refractivity contribution in [3.8, 4) is 0 Å². The van der Waals surface area contributed by atoms with Crippen molar-refractivity contribution in [3.05, 3.63) is 58.0 Å². The summed E-state index contributed by atoms with van der Waals surface area (Å²) < 4.78 is 14.0. The second-order valence-corrected chi connectivity index (χ2v) is 5.72. The van der Waals surface area contributed by atoms with Crippen LogP contribution >= 0.6 is 11.3 Å². The first-order valence-corrected chi connectivity index (χ1v) is 7.16. The van der Waals surface area contributed by atoms with Gasteiger partial charge in [-0.15, -0.1) is 11.3 Å². The number of amides is 2. The number of benzene rings is 1. The zero-order valence-corrected chi connectivity index (χ0v) is 11.3. The van der Waals surface area contributed by atoms with Gasteiger partial charge in [0.1, 0.15) is 5.82 Å². The maximum atomic E-state index is 14.0. The number of halogens is 1. The summed E-state index contributed by atoms with van der Waals surface area (Å²) in [6.45, 7) is 0. The molecule has 3 rings (SSSR count). The Labute approximate surface area is 119 Å². The molecular weight excluding hydrogens is 277 g/mol. The number of hydrogen-bond donors (Lipinski definition) is 1. The van der Waals surface area contributed by atoms with E-state index in [1.54, 1.807) is 18.2 Å². The zero-order valence-electron chi connectivity index (χ0n) is 10.5. The molecule has 1 aromatic heterocycles. The van der Waals surface area contributed by atoms with Gasteiger partial charge in [0.2, 0.25) is 11.8 Å². The third-order valence-electron chi connectivity index (χ3n) is 3.50. The number of nitrogens with one attached hydrogen (secondary N) is 1. The van der Waals surface area contributed by atoms with Crippen molar-refractivity contribution in [1.29, 1.82) is 0 Å². The normalized spacial score (nSPS) is 22.6. The number of hydrogen-bond acceptors (Lipinski definition) is 3. The van der Waals surface area contributed by atoms with Crippen LogP contribution in [-0.2, 0) is 9.59 Å². The molecule has 0 radical (unpaired) electrons. The van der Waals surface area contributed by atoms with Gasteiger partial charge in [-0.2, -0.15) is 0 Å². The van der Waals surface area contributed by atoms with Crippen molar-refractivity contribution in [1.82, 2.24) is 5.32 Å². The highest BCUT2D eigenvalue weighted by atomic mass is 32.1. The Morgan fingerprint density at radius 3 is 2.65 bits per heavy atom. The van der Waals surface area contributed by atoms with Gasteiger partial charge >= 0.3 is 0 Å². The molecule has 2 aromatic rings. The minimum absolute atomic E-state index is 0.200. The second-order valence-electron chi connectivity index (χ2n) is 4.74. The molecule has 2 amide bonds. The van der Waals surface area contributed by atoms with Crippen molar-refractivity contribution >= 4 is 23.2 Å². The Morgan fingerprint density at radius 2 is 1.95 bits per heavy atom. The van der Waals surface area contributed by atoms with Gasteiger partial charge < -0.3 is 0 Å². The molecule has 2 unspecified atom stereocenters. The first kappa shape index (κ1) is 13.0. The predicted molar refractivity (Wildman–Crippen MR) is 74.0 cm³/mol. The lowest BCUT2D eigenvalue weighted by atomic mass is 9.79. The van der Waals surface area contributed by atoms with E-state index >= 15 is 0 Å². The van der Waals surface area contributed by atoms with E-state index < -0.39 is 17.6 Å². The standard InChI is InChI=1S/C15H12FNO2S/c16-11-5-2-1-4-9(11)14-10(12-6-3-7-20-12)8-13(18)17-15(14)19/h1-7,10,14H,8H2,(H,17,18,19). The van der Waals surface area contributed by atoms with Crippen LogP contribution in [0.4, 0.5) is 4.39 Å². The van der Waals surface area contributed by atoms with E-state index in [1.165, 1.54) is 17.4 Å². The van der Waals surface area contributed by atoms with Crippen molar-refractivity contribution < 1.29 is 14.0 Å². The quantitative estimate of drug-likeness (QED) is 0.864. The number of thiophene rings is 1. The number of carbonyl (C=O) groups is 2. The van der Waals surface area contributed by atoms with Gasteiger partial charge in [-0.3, -0.25) is 14.9 Å². The molecule has 1 aromatic carbocycles. The van der Waals surface area contributed by atoms with E-state index in [0.29, 0.717) is 5.56 Å². The first-order chi connectivity index (χ1) is 9.66. The molecule has 1 fully saturated rings. The topological polar surface area (TPSA) is 46.2 Å². The van der Waals surface area contributed by atoms with Crippen LogP contribution in [0.25, 0.3) is 0 Å². The average Bonchev–Trinajstić information content (AvgIpc) is 2.93. The molecule has 20 heavy (non-hydrogen) atoms. The molecule has 0 aliphatic carbocycles. The van der Waals surface area contributed by atoms with Crippen molar-refractivity contribution in [2.24, 2.45) is 0 Å². The first-order valence-electron chi connectivity index (χ1n) is 6.28. The maximum Gasteiger partial charge on any atom is 0.234 e. The molecule has 0 saturated carbocycles. The molecule has 1 aliphatic heterocycles. The summed E-state index contributed by atoms with van der Waals surface area (Å²) in [6.07, 6.45) is 0.200. The summed E-state index contributed by atoms with van der Waals surface area (Å²) in [6, 6.07) is 9.99. The average molecular weight is 289 g/mol. The molecule has 102 valence electrons. The summed E-state index contributed by atoms with van der Waals surface area (Å²) in [5, 5.41) is 4.20. The van der Waals surface area contributed by atoms with E-state index in [9.17, 15) is 14.0 Å². The van der Waals surface area contributed by atoms with Crippen LogP contribution in [0.15, 0.2) is 41.8 Å². The van der Waals surface area contributed by atoms with Crippen LogP contribution < -0.4 is 5.32 Å². The summed E-state index contributed by atoms with van der Waals surface area (Å²) >= 11 is 1.48. The number of piperidine rings is 1. The maximum absolute atomic E-state index is 14.0. The van der Waals surface area contributed by atoms with E-state index in [0.717, 1.165) is 4.88 Å². The predicted octanol–water partition coefficient (Wildman–Crippen LogP) is 2.80. The Kier molecular flexibility index (Phi) is 3.36. The third-order valence-corrected chi connectivity index (χ3v) is 4.51. The van der Waals surface area contributed by atoms with Gasteiger partial charge in [0, 0.05) is 22.8 Å². The molecule has 2 heterocycles. The Morgan fingerprint density at radius 1 is 1.15 bits per heavy atom. The van der Waals surface area contributed by atoms with Gasteiger partial charge in [0.25, 0.3) is 0 Å². The smallest absolute Gasteiger partial charge is 0.234 e. The van der Waals surface area contributed by atoms with Crippen molar-refractivity contribution in [3.63, 3.8) is 0 Å². The lowest BCUT2D eigenvalue weighted by Gasteiger charge is -2.29. The lowest BCUT2D eigenvalue weighted by molar-refractivity contribution is -0.135. The van der Waals surface area contributed by atoms with Crippen LogP contribution in [0.1, 0.15) is 28.7 Å². The van der Waals surface area contributed by atoms with E-state index in [1.807, 2.05) is 17.5 Å². The van der Waals surface area contributed by atoms with Gasteiger partial charge in [-0.1, -0.05) is 24.3 Å². The Balaban J connectivity index is 2.07. The molecule has 3 nitrogen and oxygen atoms in total. The van der Waals surface area contributed by atoms with Crippen molar-refractivity contribution in [2.45, 2.75) is 18.3 Å². The van der Waals surface area contributed by atoms with E-state index in [4.69, 9.17) is 0 Å². The fourth-order valence-electron chi connectivity index (χ4n) is 2.62. The minimum Gasteiger partial charge on any atom is -0.296 e. The molecule has 0 spiro atoms. The van der Waals surface area contributed by atoms with Crippen LogP contribution in [0.3, 0.4) is 0 Å². The molecule has 0 bridgehead atoms. The zero-order chi connectivity index (χ0) is 14.1. The monoisotopic (exact) mass is 289 g/mol. The summed E-state index contributed by atoms with van der Waals surface area (Å²) in [5.74, 6) is -2.10. The number of imide groups is 1. The highest BCUT2D eigenvalue weighted by molar-refractivity contribution is 7.10. The summed E-state index contributed by atoms with van der Waals surface area (Å²) in [7, 11) is 0. The van der Waals surface area contributed by atoms with Crippen LogP contribution in [0, 0.1) is 5.82 Å². The molecular formula is C15H12FNO2S. The lowest BCUT2D eigenvalue weighted by Crippen LogP contribution is -2.43. The molecule has 1 aliphatic rings. The van der Waals surface area contributed by atoms with E-state index in [2.05, 4.69) is 5.32 Å². The van der Waals surface area contributed by atoms with Gasteiger partial charge in [0.15, 0.2) is 0 Å². The summed E-state index contributed by atoms with van der Waals surface area (Å²) in [5.41, 5.74) is 0.343. The largest absolute Gasteiger partial charge is 0.296 e. The fraction of sp³-hybridized carbons (Fsp3) is 0.200. The third kappa shape index (κ3) is 2.25. The van der Waals surface area contributed by atoms with Crippen LogP contribution in [-0.4, -0.2) is 11.8 Å². The molecule has 1 saturated heterocycles. The van der Waals surface area contributed by atoms with Crippen molar-refractivity contribution in [2.75, 3.05) is 0 Å². The van der Waals surface area contributed by atoms with Crippen LogP contribution in [0.2, 0.25) is 0 Å². The number of carbonyl (C=O) groups excluding carboxylic acids is 2. The molecule has 5 heteroatoms.